The Morgan fingerprint density at radius 2 is 2.06 bits per heavy atom. The van der Waals surface area contributed by atoms with Gasteiger partial charge in [-0.05, 0) is 43.7 Å². The van der Waals surface area contributed by atoms with E-state index in [1.807, 2.05) is 55.6 Å². The molecule has 0 radical (unpaired) electrons. The Morgan fingerprint density at radius 1 is 1.23 bits per heavy atom. The maximum atomic E-state index is 13.1. The van der Waals surface area contributed by atoms with Crippen molar-refractivity contribution in [3.05, 3.63) is 64.5 Å². The lowest BCUT2D eigenvalue weighted by Gasteiger charge is -2.36. The van der Waals surface area contributed by atoms with Crippen LogP contribution >= 0.6 is 11.3 Å². The second-order valence-corrected chi connectivity index (χ2v) is 8.89. The Kier molecular flexibility index (Phi) is 5.33. The molecular formula is C23H24N4O3S. The Balaban J connectivity index is 1.57. The van der Waals surface area contributed by atoms with E-state index in [4.69, 9.17) is 9.26 Å². The minimum atomic E-state index is -0.370. The topological polar surface area (TPSA) is 80.5 Å². The third-order valence-corrected chi connectivity index (χ3v) is 6.68. The molecule has 160 valence electrons. The molecule has 3 aromatic rings. The number of thiophene rings is 1. The van der Waals surface area contributed by atoms with Gasteiger partial charge < -0.3 is 14.6 Å². The zero-order valence-electron chi connectivity index (χ0n) is 17.5. The Bertz CT molecular complexity index is 1100. The molecule has 2 aliphatic rings. The van der Waals surface area contributed by atoms with Gasteiger partial charge in [0.05, 0.1) is 29.1 Å². The van der Waals surface area contributed by atoms with E-state index in [1.165, 1.54) is 0 Å². The first-order valence-corrected chi connectivity index (χ1v) is 11.3. The predicted octanol–water partition coefficient (Wildman–Crippen LogP) is 4.78. The zero-order chi connectivity index (χ0) is 21.4. The third kappa shape index (κ3) is 3.88. The number of nitrogens with one attached hydrogen (secondary N) is 1. The van der Waals surface area contributed by atoms with Crippen LogP contribution < -0.4 is 5.32 Å². The van der Waals surface area contributed by atoms with Crippen molar-refractivity contribution in [3.63, 3.8) is 0 Å². The molecule has 2 amide bonds. The average Bonchev–Trinajstić information content (AvgIpc) is 3.54. The minimum Gasteiger partial charge on any atom is -0.376 e. The summed E-state index contributed by atoms with van der Waals surface area (Å²) in [5, 5.41) is 9.32. The zero-order valence-corrected chi connectivity index (χ0v) is 18.3. The fraction of sp³-hybridized carbons (Fsp3) is 0.348. The van der Waals surface area contributed by atoms with Gasteiger partial charge in [-0.15, -0.1) is 11.3 Å². The Morgan fingerprint density at radius 3 is 2.77 bits per heavy atom. The van der Waals surface area contributed by atoms with Crippen LogP contribution in [-0.2, 0) is 4.74 Å². The van der Waals surface area contributed by atoms with Crippen molar-refractivity contribution >= 4 is 22.9 Å². The van der Waals surface area contributed by atoms with E-state index in [0.29, 0.717) is 18.3 Å². The summed E-state index contributed by atoms with van der Waals surface area (Å²) < 4.78 is 11.5. The summed E-state index contributed by atoms with van der Waals surface area (Å²) in [5.41, 5.74) is 3.76. The average molecular weight is 437 g/mol. The number of hydrogen-bond donors (Lipinski definition) is 1. The van der Waals surface area contributed by atoms with Crippen molar-refractivity contribution in [2.45, 2.75) is 38.8 Å². The lowest BCUT2D eigenvalue weighted by atomic mass is 9.94. The van der Waals surface area contributed by atoms with E-state index < -0.39 is 0 Å². The van der Waals surface area contributed by atoms with Crippen molar-refractivity contribution < 1.29 is 14.1 Å². The van der Waals surface area contributed by atoms with Crippen LogP contribution in [0.1, 0.15) is 42.8 Å². The largest absolute Gasteiger partial charge is 0.376 e. The van der Waals surface area contributed by atoms with E-state index >= 15 is 0 Å². The normalized spacial score (nSPS) is 21.6. The summed E-state index contributed by atoms with van der Waals surface area (Å²) >= 11 is 1.56. The fourth-order valence-electron chi connectivity index (χ4n) is 4.12. The van der Waals surface area contributed by atoms with E-state index in [9.17, 15) is 4.79 Å². The number of aromatic nitrogens is 2. The fourth-order valence-corrected chi connectivity index (χ4v) is 4.77. The Hall–Kier alpha value is -2.97. The molecular weight excluding hydrogens is 412 g/mol. The van der Waals surface area contributed by atoms with Gasteiger partial charge in [-0.25, -0.2) is 4.79 Å². The Labute approximate surface area is 184 Å². The van der Waals surface area contributed by atoms with Crippen molar-refractivity contribution in [2.75, 3.05) is 13.2 Å². The summed E-state index contributed by atoms with van der Waals surface area (Å²) in [4.78, 5) is 20.4. The third-order valence-electron chi connectivity index (χ3n) is 5.82. The van der Waals surface area contributed by atoms with Crippen LogP contribution in [0.3, 0.4) is 0 Å². The molecule has 4 heterocycles. The molecule has 2 aliphatic heterocycles. The summed E-state index contributed by atoms with van der Waals surface area (Å²) in [6.45, 7) is 5.24. The quantitative estimate of drug-likeness (QED) is 0.622. The van der Waals surface area contributed by atoms with Gasteiger partial charge in [-0.1, -0.05) is 41.1 Å². The highest BCUT2D eigenvalue weighted by molar-refractivity contribution is 7.13. The lowest BCUT2D eigenvalue weighted by molar-refractivity contribution is 0.0877. The highest BCUT2D eigenvalue weighted by Gasteiger charge is 2.37. The van der Waals surface area contributed by atoms with Crippen LogP contribution in [0.2, 0.25) is 0 Å². The molecule has 5 rings (SSSR count). The van der Waals surface area contributed by atoms with Gasteiger partial charge in [0.2, 0.25) is 5.82 Å². The smallest absolute Gasteiger partial charge is 0.322 e. The van der Waals surface area contributed by atoms with Crippen LogP contribution in [0.25, 0.3) is 16.3 Å². The van der Waals surface area contributed by atoms with E-state index in [0.717, 1.165) is 46.7 Å². The predicted molar refractivity (Wildman–Crippen MR) is 118 cm³/mol. The van der Waals surface area contributed by atoms with Gasteiger partial charge in [0.1, 0.15) is 0 Å². The molecule has 0 saturated carbocycles. The van der Waals surface area contributed by atoms with Gasteiger partial charge in [0.15, 0.2) is 0 Å². The number of benzene rings is 1. The molecule has 1 saturated heterocycles. The molecule has 2 unspecified atom stereocenters. The first-order chi connectivity index (χ1) is 15.1. The van der Waals surface area contributed by atoms with Crippen LogP contribution in [0, 0.1) is 6.92 Å². The second-order valence-electron chi connectivity index (χ2n) is 7.94. The van der Waals surface area contributed by atoms with Gasteiger partial charge in [-0.2, -0.15) is 4.98 Å². The number of nitrogens with zero attached hydrogens (tertiary/aromatic N) is 3. The summed E-state index contributed by atoms with van der Waals surface area (Å²) in [6.07, 6.45) is 2.02. The summed E-state index contributed by atoms with van der Waals surface area (Å²) in [5.74, 6) is 0.972. The van der Waals surface area contributed by atoms with Crippen molar-refractivity contribution in [1.82, 2.24) is 20.4 Å². The van der Waals surface area contributed by atoms with Crippen molar-refractivity contribution in [2.24, 2.45) is 0 Å². The van der Waals surface area contributed by atoms with Gasteiger partial charge in [0.25, 0.3) is 5.89 Å². The summed E-state index contributed by atoms with van der Waals surface area (Å²) in [6, 6.07) is 11.5. The van der Waals surface area contributed by atoms with Crippen molar-refractivity contribution in [1.29, 1.82) is 0 Å². The van der Waals surface area contributed by atoms with Crippen LogP contribution in [-0.4, -0.2) is 40.3 Å². The summed E-state index contributed by atoms with van der Waals surface area (Å²) in [7, 11) is 0. The number of amides is 2. The number of rotatable bonds is 5. The highest BCUT2D eigenvalue weighted by atomic mass is 32.1. The number of carbonyl (C=O) groups excluding carboxylic acids is 1. The van der Waals surface area contributed by atoms with E-state index in [2.05, 4.69) is 15.5 Å². The number of allylic oxidation sites excluding steroid dienone is 1. The number of carbonyl (C=O) groups is 1. The molecule has 1 fully saturated rings. The van der Waals surface area contributed by atoms with Crippen molar-refractivity contribution in [3.8, 4) is 10.7 Å². The number of aryl methyl sites for hydroxylation is 1. The molecule has 1 N–H and O–H groups in total. The monoisotopic (exact) mass is 436 g/mol. The molecule has 2 aromatic heterocycles. The molecule has 2 atom stereocenters. The van der Waals surface area contributed by atoms with Gasteiger partial charge in [-0.3, -0.25) is 4.90 Å². The van der Waals surface area contributed by atoms with Crippen LogP contribution in [0.5, 0.6) is 0 Å². The molecule has 0 aliphatic carbocycles. The molecule has 0 bridgehead atoms. The van der Waals surface area contributed by atoms with Crippen LogP contribution in [0.4, 0.5) is 4.79 Å². The second kappa shape index (κ2) is 8.28. The molecule has 7 nitrogen and oxygen atoms in total. The minimum absolute atomic E-state index is 0.0437. The first kappa shape index (κ1) is 20.0. The first-order valence-electron chi connectivity index (χ1n) is 10.4. The number of urea groups is 1. The number of ether oxygens (including phenoxy) is 1. The van der Waals surface area contributed by atoms with Gasteiger partial charge >= 0.3 is 6.03 Å². The number of hydrogen-bond acceptors (Lipinski definition) is 6. The molecule has 31 heavy (non-hydrogen) atoms. The lowest BCUT2D eigenvalue weighted by Crippen LogP contribution is -2.48. The van der Waals surface area contributed by atoms with Crippen LogP contribution in [0.15, 0.2) is 52.0 Å². The van der Waals surface area contributed by atoms with Gasteiger partial charge in [0, 0.05) is 12.3 Å². The maximum absolute atomic E-state index is 13.1. The molecule has 0 spiro atoms. The SMILES string of the molecule is CC1=C(c2nc(-c3cccs3)no2)C(c2ccc(C)cc2)NC(=O)N1CC1CCCO1. The standard InChI is InChI=1S/C23H24N4O3S/c1-14-7-9-16(10-8-14)20-19(22-25-21(26-30-22)18-6-4-12-31-18)15(2)27(23(28)24-20)13-17-5-3-11-29-17/h4,6-10,12,17,20H,3,5,11,13H2,1-2H3,(H,24,28). The van der Waals surface area contributed by atoms with E-state index in [1.54, 1.807) is 16.2 Å². The highest BCUT2D eigenvalue weighted by Crippen LogP contribution is 2.38. The van der Waals surface area contributed by atoms with E-state index in [-0.39, 0.29) is 18.2 Å². The molecule has 8 heteroatoms. The maximum Gasteiger partial charge on any atom is 0.322 e. The molecule has 1 aromatic carbocycles.